The number of nitrogens with two attached hydrogens (primary N) is 6. The lowest BCUT2D eigenvalue weighted by Gasteiger charge is -2.15. The Morgan fingerprint density at radius 3 is 1.24 bits per heavy atom. The van der Waals surface area contributed by atoms with E-state index in [4.69, 9.17) is 63.2 Å². The number of carboxylic acid groups (broad SMARTS) is 1. The molecule has 0 aliphatic heterocycles. The van der Waals surface area contributed by atoms with E-state index in [0.717, 1.165) is 49.4 Å². The van der Waals surface area contributed by atoms with Crippen LogP contribution in [-0.2, 0) is 11.2 Å². The van der Waals surface area contributed by atoms with Gasteiger partial charge in [0.15, 0.2) is 52.0 Å². The molecule has 0 bridgehead atoms. The van der Waals surface area contributed by atoms with Crippen LogP contribution in [0.1, 0.15) is 211 Å². The first-order chi connectivity index (χ1) is 60.0. The van der Waals surface area contributed by atoms with Gasteiger partial charge in [0.1, 0.15) is 86.7 Å². The number of carboxylic acids is 1. The summed E-state index contributed by atoms with van der Waals surface area (Å²) in [5.41, 5.74) is 40.7. The molecule has 12 aromatic rings. The molecule has 0 saturated heterocycles. The second kappa shape index (κ2) is 47.8. The Morgan fingerprint density at radius 2 is 0.850 bits per heavy atom. The maximum atomic E-state index is 11.4. The number of amides is 1. The van der Waals surface area contributed by atoms with Crippen molar-refractivity contribution >= 4 is 104 Å². The molecule has 1 amide bonds. The number of hydrogen-bond acceptors (Lipinski definition) is 35. The first kappa shape index (κ1) is 101. The second-order valence-corrected chi connectivity index (χ2v) is 34.0. The molecule has 15 N–H and O–H groups in total. The fourth-order valence-corrected chi connectivity index (χ4v) is 13.7. The lowest BCUT2D eigenvalue weighted by molar-refractivity contribution is -0.111. The number of aromatic carboxylic acids is 1. The van der Waals surface area contributed by atoms with E-state index in [2.05, 4.69) is 183 Å². The number of methoxy groups -OCH3 is 1. The van der Waals surface area contributed by atoms with E-state index >= 15 is 0 Å². The number of ether oxygens (including phenoxy) is 5. The third-order valence-corrected chi connectivity index (χ3v) is 20.8. The maximum absolute atomic E-state index is 11.4. The molecule has 127 heavy (non-hydrogen) atoms. The second-order valence-electron chi connectivity index (χ2n) is 29.7. The van der Waals surface area contributed by atoms with Crippen LogP contribution in [-0.4, -0.2) is 130 Å². The number of carbonyl (C=O) groups is 2. The van der Waals surface area contributed by atoms with Crippen LogP contribution in [0.15, 0.2) is 152 Å². The number of aliphatic hydroxyl groups is 1. The molecule has 0 aromatic carbocycles. The van der Waals surface area contributed by atoms with Crippen molar-refractivity contribution in [2.24, 2.45) is 0 Å². The summed E-state index contributed by atoms with van der Waals surface area (Å²) < 4.78 is 28.8. The standard InChI is InChI=1S/C18H22N4O2.C16H19N5O2.C15H20N4S2.C15H20N4S.C14H16N4O3.C11H11BrN4O2/c1-11(2)14-9-21-13(6-7-18(4,5)23)8-15(14)24-16-10-20-12(3)22-17(16)19;1-5-15(22)21-14-6-12(11(7-19-14)9(2)3)23-13-8-18-10(4)20-16(13)17;1-5-20-14-6-12(11(7-18-14)9(2)3)21-13-8-17-10(4)19-15(13)16;1-5-11-6-13(12(7-18-11)9(2)3)20-14-8-17-10(4)19-15(14)16;1-7(2)9-5-17-10(14(19)20)4-11(9)21-12-6-16-8(3)18-13(12)15;1-6-14-5-9(11(13)16-6)18-8-3-10(17-2)15-4-7(8)12/h8-11,23H,1-5H3,(H2,19,20,22);5-9H,1H2,2-4H3,(H2,17,18,20)(H,19,21,22);6-9H,5H2,1-4H3,(H2,16,17,19);6-9H,5H2,1-4H3,(H2,16,17,19);4-7H,1-3H3,(H,19,20)(H2,15,16,18);3-5H,1-2H3,(H2,13,14,16). The molecule has 0 aliphatic rings. The molecule has 0 aliphatic carbocycles. The van der Waals surface area contributed by atoms with Gasteiger partial charge in [0, 0.05) is 106 Å². The van der Waals surface area contributed by atoms with Crippen LogP contribution in [0.2, 0.25) is 0 Å². The van der Waals surface area contributed by atoms with E-state index in [-0.39, 0.29) is 58.4 Å². The molecular weight excluding hydrogens is 1740 g/mol. The number of rotatable bonds is 24. The van der Waals surface area contributed by atoms with E-state index in [1.165, 1.54) is 65.0 Å². The normalized spacial score (nSPS) is 10.8. The number of anilines is 7. The van der Waals surface area contributed by atoms with E-state index in [0.29, 0.717) is 121 Å². The summed E-state index contributed by atoms with van der Waals surface area (Å²) in [5, 5.41) is 22.4. The minimum atomic E-state index is -1.12. The zero-order valence-electron chi connectivity index (χ0n) is 74.8. The third-order valence-electron chi connectivity index (χ3n) is 17.2. The van der Waals surface area contributed by atoms with Gasteiger partial charge in [0.2, 0.25) is 11.8 Å². The summed E-state index contributed by atoms with van der Waals surface area (Å²) in [6, 6.07) is 10.6. The molecule has 668 valence electrons. The highest BCUT2D eigenvalue weighted by Gasteiger charge is 2.22. The van der Waals surface area contributed by atoms with Gasteiger partial charge in [-0.05, 0) is 148 Å². The fraction of sp³-hybridized carbons (Fsp3) is 0.326. The van der Waals surface area contributed by atoms with Gasteiger partial charge < -0.3 is 73.6 Å². The van der Waals surface area contributed by atoms with Crippen molar-refractivity contribution in [2.45, 2.75) is 205 Å². The van der Waals surface area contributed by atoms with E-state index in [9.17, 15) is 14.7 Å². The maximum Gasteiger partial charge on any atom is 0.354 e. The average molecular weight is 1850 g/mol. The smallest absolute Gasteiger partial charge is 0.354 e. The van der Waals surface area contributed by atoms with Crippen LogP contribution < -0.4 is 63.4 Å². The van der Waals surface area contributed by atoms with E-state index < -0.39 is 11.6 Å². The van der Waals surface area contributed by atoms with Crippen LogP contribution in [0.3, 0.4) is 0 Å². The monoisotopic (exact) mass is 1850 g/mol. The number of aromatic nitrogens is 18. The Hall–Kier alpha value is -13.1. The molecular formula is C89H108BrN25O9S3. The van der Waals surface area contributed by atoms with Gasteiger partial charge in [-0.1, -0.05) is 119 Å². The topological polar surface area (TPSA) is 521 Å². The van der Waals surface area contributed by atoms with Gasteiger partial charge in [-0.25, -0.2) is 89.5 Å². The highest BCUT2D eigenvalue weighted by molar-refractivity contribution is 9.10. The Morgan fingerprint density at radius 1 is 0.465 bits per heavy atom. The average Bonchev–Trinajstić information content (AvgIpc) is 0.836. The van der Waals surface area contributed by atoms with Gasteiger partial charge in [-0.15, -0.1) is 11.8 Å². The number of nitrogens with one attached hydrogen (secondary N) is 1. The third kappa shape index (κ3) is 31.5. The number of hydrogen-bond donors (Lipinski definition) is 9. The van der Waals surface area contributed by atoms with Gasteiger partial charge in [0.25, 0.3) is 0 Å². The molecule has 0 radical (unpaired) electrons. The van der Waals surface area contributed by atoms with Crippen molar-refractivity contribution < 1.29 is 43.5 Å². The Labute approximate surface area is 760 Å². The highest BCUT2D eigenvalue weighted by Crippen LogP contribution is 2.41. The predicted octanol–water partition coefficient (Wildman–Crippen LogP) is 18.1. The van der Waals surface area contributed by atoms with Crippen LogP contribution in [0.25, 0.3) is 0 Å². The molecule has 12 rings (SSSR count). The van der Waals surface area contributed by atoms with Gasteiger partial charge in [0.05, 0.1) is 51.2 Å². The summed E-state index contributed by atoms with van der Waals surface area (Å²) in [7, 11) is 1.53. The van der Waals surface area contributed by atoms with Crippen LogP contribution >= 0.6 is 51.2 Å². The zero-order chi connectivity index (χ0) is 93.7. The van der Waals surface area contributed by atoms with Crippen molar-refractivity contribution in [2.75, 3.05) is 52.6 Å². The molecule has 34 nitrogen and oxygen atoms in total. The molecule has 38 heteroatoms. The molecule has 0 spiro atoms. The van der Waals surface area contributed by atoms with Gasteiger partial charge >= 0.3 is 5.97 Å². The quantitative estimate of drug-likeness (QED) is 0.0154. The van der Waals surface area contributed by atoms with Crippen molar-refractivity contribution in [3.05, 3.63) is 208 Å². The summed E-state index contributed by atoms with van der Waals surface area (Å²) in [6.45, 7) is 42.2. The summed E-state index contributed by atoms with van der Waals surface area (Å²) in [4.78, 5) is 101. The number of pyridine rings is 6. The van der Waals surface area contributed by atoms with Crippen molar-refractivity contribution in [1.82, 2.24) is 89.7 Å². The number of aryl methyl sites for hydroxylation is 7. The van der Waals surface area contributed by atoms with Gasteiger partial charge in [-0.2, -0.15) is 0 Å². The number of carbonyl (C=O) groups excluding carboxylic acids is 1. The number of nitrogens with zero attached hydrogens (tertiary/aromatic N) is 18. The molecule has 0 saturated carbocycles. The Balaban J connectivity index is 0.000000209. The Kier molecular flexibility index (Phi) is 38.1. The molecule has 0 fully saturated rings. The first-order valence-electron chi connectivity index (χ1n) is 39.9. The summed E-state index contributed by atoms with van der Waals surface area (Å²) >= 11 is 8.30. The summed E-state index contributed by atoms with van der Waals surface area (Å²) in [6.07, 6.45) is 22.1. The number of thioether (sulfide) groups is 1. The Bertz CT molecular complexity index is 5880. The summed E-state index contributed by atoms with van der Waals surface area (Å²) in [5.74, 6) is 16.4. The zero-order valence-corrected chi connectivity index (χ0v) is 78.9. The van der Waals surface area contributed by atoms with Crippen molar-refractivity contribution in [3.8, 4) is 63.7 Å². The van der Waals surface area contributed by atoms with E-state index in [1.54, 1.807) is 132 Å². The highest BCUT2D eigenvalue weighted by atomic mass is 79.9. The first-order valence-corrected chi connectivity index (χ1v) is 43.3. The van der Waals surface area contributed by atoms with Gasteiger partial charge in [-0.3, -0.25) is 9.78 Å². The number of halogens is 1. The number of nitrogen functional groups attached to an aromatic ring is 6. The van der Waals surface area contributed by atoms with E-state index in [1.807, 2.05) is 67.8 Å². The molecule has 0 unspecified atom stereocenters. The lowest BCUT2D eigenvalue weighted by atomic mass is 10.0. The van der Waals surface area contributed by atoms with Crippen LogP contribution in [0.4, 0.5) is 40.7 Å². The minimum absolute atomic E-state index is 0.0963. The molecule has 12 heterocycles. The lowest BCUT2D eigenvalue weighted by Crippen LogP contribution is -2.14. The van der Waals surface area contributed by atoms with Crippen LogP contribution in [0, 0.1) is 53.4 Å². The predicted molar refractivity (Wildman–Crippen MR) is 500 cm³/mol. The van der Waals surface area contributed by atoms with Crippen LogP contribution in [0.5, 0.6) is 51.9 Å². The molecule has 12 aromatic heterocycles. The minimum Gasteiger partial charge on any atom is -0.481 e. The van der Waals surface area contributed by atoms with Crippen molar-refractivity contribution in [1.29, 1.82) is 0 Å². The fourth-order valence-electron chi connectivity index (χ4n) is 10.6. The van der Waals surface area contributed by atoms with Crippen molar-refractivity contribution in [3.63, 3.8) is 0 Å². The largest absolute Gasteiger partial charge is 0.481 e. The molecule has 0 atom stereocenters. The SMILES string of the molecule is C=CC(=O)Nc1cc(Oc2cnc(C)nc2N)c(C(C)C)cn1.CCSc1cc(Sc2cnc(C)nc2N)c(C(C)C)cn1.CCc1cc(Sc2cnc(C)nc2N)c(C(C)C)cn1.COc1cc(Oc2cnc(C)nc2N)c(Br)cn1.Cc1ncc(Oc2cc(C#CC(C)(C)O)ncc2C(C)C)c(N)n1.Cc1ncc(Oc2cc(C(=O)O)ncc2C(C)C)c(N)n1.